The number of halogens is 1. The van der Waals surface area contributed by atoms with E-state index in [9.17, 15) is 9.18 Å². The first-order chi connectivity index (χ1) is 17.4. The van der Waals surface area contributed by atoms with Crippen molar-refractivity contribution >= 4 is 28.2 Å². The van der Waals surface area contributed by atoms with Gasteiger partial charge < -0.3 is 21.2 Å². The van der Waals surface area contributed by atoms with Crippen LogP contribution in [0.1, 0.15) is 45.9 Å². The van der Waals surface area contributed by atoms with Crippen LogP contribution in [0.25, 0.3) is 16.6 Å². The van der Waals surface area contributed by atoms with Crippen LogP contribution in [0.2, 0.25) is 0 Å². The van der Waals surface area contributed by atoms with E-state index in [-0.39, 0.29) is 17.4 Å². The number of aromatic nitrogens is 3. The van der Waals surface area contributed by atoms with Crippen molar-refractivity contribution in [3.05, 3.63) is 95.1 Å². The van der Waals surface area contributed by atoms with Gasteiger partial charge >= 0.3 is 0 Å². The number of H-pyrrole nitrogens is 1. The number of benzene rings is 3. The molecule has 1 aliphatic rings. The molecule has 0 saturated heterocycles. The van der Waals surface area contributed by atoms with E-state index < -0.39 is 5.82 Å². The molecule has 0 spiro atoms. The average Bonchev–Trinajstić information content (AvgIpc) is 3.51. The van der Waals surface area contributed by atoms with Crippen molar-refractivity contribution in [2.75, 3.05) is 11.5 Å². The van der Waals surface area contributed by atoms with Crippen LogP contribution < -0.4 is 16.2 Å². The molecule has 0 radical (unpaired) electrons. The summed E-state index contributed by atoms with van der Waals surface area (Å²) in [6, 6.07) is 17.2. The van der Waals surface area contributed by atoms with Crippen LogP contribution in [0.3, 0.4) is 0 Å². The maximum atomic E-state index is 13.9. The van der Waals surface area contributed by atoms with E-state index in [0.717, 1.165) is 40.6 Å². The number of hydrogen-bond acceptors (Lipinski definition) is 5. The maximum Gasteiger partial charge on any atom is 0.214 e. The Morgan fingerprint density at radius 2 is 1.92 bits per heavy atom. The van der Waals surface area contributed by atoms with Crippen LogP contribution >= 0.6 is 0 Å². The fourth-order valence-corrected chi connectivity index (χ4v) is 4.54. The molecule has 1 aliphatic carbocycles. The molecule has 180 valence electrons. The number of nitrogen functional groups attached to an aromatic ring is 2. The fraction of sp³-hybridized carbons (Fsp3) is 0.143. The van der Waals surface area contributed by atoms with E-state index in [1.165, 1.54) is 16.9 Å². The number of carbonyl (C=O) groups excluding carboxylic acids is 1. The number of aryl methyl sites for hydroxylation is 1. The predicted octanol–water partition coefficient (Wildman–Crippen LogP) is 5.87. The smallest absolute Gasteiger partial charge is 0.214 e. The number of anilines is 2. The van der Waals surface area contributed by atoms with Crippen LogP contribution in [0.4, 0.5) is 15.9 Å². The Bertz CT molecular complexity index is 1650. The summed E-state index contributed by atoms with van der Waals surface area (Å²) in [6.07, 6.45) is 3.77. The molecule has 5 aromatic rings. The summed E-state index contributed by atoms with van der Waals surface area (Å²) < 4.78 is 21.1. The lowest BCUT2D eigenvalue weighted by atomic mass is 10.1. The Hall–Kier alpha value is -4.59. The number of ketones is 1. The second kappa shape index (κ2) is 8.27. The van der Waals surface area contributed by atoms with E-state index >= 15 is 0 Å². The van der Waals surface area contributed by atoms with Gasteiger partial charge in [-0.2, -0.15) is 5.10 Å². The number of nitrogens with one attached hydrogen (secondary N) is 1. The molecule has 1 saturated carbocycles. The van der Waals surface area contributed by atoms with Crippen LogP contribution in [-0.4, -0.2) is 20.5 Å². The molecule has 0 unspecified atom stereocenters. The van der Waals surface area contributed by atoms with Gasteiger partial charge in [-0.05, 0) is 85.3 Å². The van der Waals surface area contributed by atoms with Crippen molar-refractivity contribution in [3.63, 3.8) is 0 Å². The van der Waals surface area contributed by atoms with E-state index in [1.807, 2.05) is 19.1 Å². The highest BCUT2D eigenvalue weighted by molar-refractivity contribution is 6.12. The molecule has 0 bridgehead atoms. The van der Waals surface area contributed by atoms with Crippen molar-refractivity contribution in [1.82, 2.24) is 14.8 Å². The van der Waals surface area contributed by atoms with Gasteiger partial charge in [0.2, 0.25) is 5.78 Å². The number of nitrogens with two attached hydrogens (primary N) is 2. The predicted molar refractivity (Wildman–Crippen MR) is 137 cm³/mol. The monoisotopic (exact) mass is 481 g/mol. The SMILES string of the molecule is Cc1cc(Oc2ccccc2F)ccc1-n1ncc(C(=O)c2cc3cc(C4CC4)c(N)cc3[nH]2)c1N. The molecule has 2 aromatic heterocycles. The molecule has 0 atom stereocenters. The van der Waals surface area contributed by atoms with Gasteiger partial charge in [-0.25, -0.2) is 9.07 Å². The van der Waals surface area contributed by atoms with Gasteiger partial charge in [0.1, 0.15) is 11.6 Å². The molecule has 7 nitrogen and oxygen atoms in total. The van der Waals surface area contributed by atoms with Crippen molar-refractivity contribution < 1.29 is 13.9 Å². The molecule has 6 rings (SSSR count). The van der Waals surface area contributed by atoms with Crippen LogP contribution in [-0.2, 0) is 0 Å². The Balaban J connectivity index is 1.29. The normalized spacial score (nSPS) is 13.3. The standard InChI is InChI=1S/C28H24FN5O2/c1-15-10-18(36-26-5-3-2-4-21(26)29)8-9-25(15)34-28(31)20(14-32-34)27(35)24-12-17-11-19(16-6-7-16)22(30)13-23(17)33-24/h2-5,8-14,16,33H,6-7,30-31H2,1H3. The Kier molecular flexibility index (Phi) is 5.03. The Morgan fingerprint density at radius 3 is 2.67 bits per heavy atom. The summed E-state index contributed by atoms with van der Waals surface area (Å²) in [7, 11) is 0. The van der Waals surface area contributed by atoms with Gasteiger partial charge in [-0.3, -0.25) is 4.79 Å². The molecule has 0 aliphatic heterocycles. The zero-order valence-corrected chi connectivity index (χ0v) is 19.6. The highest BCUT2D eigenvalue weighted by Gasteiger charge is 2.27. The number of aromatic amines is 1. The summed E-state index contributed by atoms with van der Waals surface area (Å²) in [5, 5.41) is 5.32. The molecule has 1 fully saturated rings. The number of fused-ring (bicyclic) bond motifs is 1. The highest BCUT2D eigenvalue weighted by atomic mass is 19.1. The van der Waals surface area contributed by atoms with Crippen molar-refractivity contribution in [3.8, 4) is 17.2 Å². The Morgan fingerprint density at radius 1 is 1.11 bits per heavy atom. The van der Waals surface area contributed by atoms with Gasteiger partial charge in [0, 0.05) is 16.6 Å². The molecule has 8 heteroatoms. The number of nitrogens with zero attached hydrogens (tertiary/aromatic N) is 2. The van der Waals surface area contributed by atoms with Crippen molar-refractivity contribution in [1.29, 1.82) is 0 Å². The molecule has 36 heavy (non-hydrogen) atoms. The number of para-hydroxylation sites is 1. The third-order valence-electron chi connectivity index (χ3n) is 6.60. The van der Waals surface area contributed by atoms with Crippen molar-refractivity contribution in [2.24, 2.45) is 0 Å². The lowest BCUT2D eigenvalue weighted by molar-refractivity contribution is 0.103. The van der Waals surface area contributed by atoms with E-state index in [4.69, 9.17) is 16.2 Å². The minimum absolute atomic E-state index is 0.139. The zero-order chi connectivity index (χ0) is 25.0. The second-order valence-corrected chi connectivity index (χ2v) is 9.19. The molecule has 3 aromatic carbocycles. The number of carbonyl (C=O) groups is 1. The largest absolute Gasteiger partial charge is 0.454 e. The number of ether oxygens (including phenoxy) is 1. The van der Waals surface area contributed by atoms with Gasteiger partial charge in [0.25, 0.3) is 0 Å². The maximum absolute atomic E-state index is 13.9. The molecular formula is C28H24FN5O2. The van der Waals surface area contributed by atoms with Crippen molar-refractivity contribution in [2.45, 2.75) is 25.7 Å². The van der Waals surface area contributed by atoms with Crippen LogP contribution in [0.5, 0.6) is 11.5 Å². The van der Waals surface area contributed by atoms with Crippen LogP contribution in [0.15, 0.2) is 66.9 Å². The van der Waals surface area contributed by atoms with E-state index in [0.29, 0.717) is 28.6 Å². The van der Waals surface area contributed by atoms with Crippen LogP contribution in [0, 0.1) is 12.7 Å². The quantitative estimate of drug-likeness (QED) is 0.208. The second-order valence-electron chi connectivity index (χ2n) is 9.19. The molecule has 2 heterocycles. The number of rotatable bonds is 6. The average molecular weight is 482 g/mol. The first kappa shape index (κ1) is 21.9. The van der Waals surface area contributed by atoms with Gasteiger partial charge in [-0.15, -0.1) is 0 Å². The lowest BCUT2D eigenvalue weighted by Gasteiger charge is -2.12. The summed E-state index contributed by atoms with van der Waals surface area (Å²) in [5.41, 5.74) is 17.5. The summed E-state index contributed by atoms with van der Waals surface area (Å²) in [4.78, 5) is 16.5. The fourth-order valence-electron chi connectivity index (χ4n) is 4.54. The topological polar surface area (TPSA) is 112 Å². The lowest BCUT2D eigenvalue weighted by Crippen LogP contribution is -2.08. The third-order valence-corrected chi connectivity index (χ3v) is 6.60. The molecular weight excluding hydrogens is 457 g/mol. The first-order valence-electron chi connectivity index (χ1n) is 11.7. The summed E-state index contributed by atoms with van der Waals surface area (Å²) >= 11 is 0. The zero-order valence-electron chi connectivity index (χ0n) is 19.6. The Labute approximate surface area is 206 Å². The number of hydrogen-bond donors (Lipinski definition) is 3. The highest BCUT2D eigenvalue weighted by Crippen LogP contribution is 2.44. The van der Waals surface area contributed by atoms with E-state index in [2.05, 4.69) is 16.1 Å². The first-order valence-corrected chi connectivity index (χ1v) is 11.7. The van der Waals surface area contributed by atoms with Gasteiger partial charge in [0.15, 0.2) is 11.6 Å². The summed E-state index contributed by atoms with van der Waals surface area (Å²) in [6.45, 7) is 1.87. The molecule has 5 N–H and O–H groups in total. The minimum atomic E-state index is -0.442. The third kappa shape index (κ3) is 3.76. The van der Waals surface area contributed by atoms with E-state index in [1.54, 1.807) is 36.4 Å². The molecule has 0 amide bonds. The minimum Gasteiger partial charge on any atom is -0.454 e. The van der Waals surface area contributed by atoms with Gasteiger partial charge in [-0.1, -0.05) is 12.1 Å². The van der Waals surface area contributed by atoms with Gasteiger partial charge in [0.05, 0.1) is 23.1 Å². The summed E-state index contributed by atoms with van der Waals surface area (Å²) in [5.74, 6) is 0.666.